The van der Waals surface area contributed by atoms with E-state index in [-0.39, 0.29) is 5.41 Å². The summed E-state index contributed by atoms with van der Waals surface area (Å²) in [5.41, 5.74) is 1.42. The van der Waals surface area contributed by atoms with Gasteiger partial charge in [-0.3, -0.25) is 0 Å². The average molecular weight is 332 g/mol. The summed E-state index contributed by atoms with van der Waals surface area (Å²) in [7, 11) is 0. The number of halogens is 2. The number of ether oxygens (including phenoxy) is 1. The van der Waals surface area contributed by atoms with Crippen molar-refractivity contribution in [1.82, 2.24) is 0 Å². The lowest BCUT2D eigenvalue weighted by molar-refractivity contribution is -0.0414. The van der Waals surface area contributed by atoms with Crippen molar-refractivity contribution in [2.24, 2.45) is 5.41 Å². The Balaban J connectivity index is 2.17. The first-order valence-electron chi connectivity index (χ1n) is 6.60. The van der Waals surface area contributed by atoms with Crippen LogP contribution in [-0.4, -0.2) is 10.9 Å². The smallest absolute Gasteiger partial charge is 0.124 e. The molecule has 0 saturated heterocycles. The fourth-order valence-corrected chi connectivity index (χ4v) is 4.31. The molecule has 0 N–H and O–H groups in total. The van der Waals surface area contributed by atoms with Crippen molar-refractivity contribution in [2.75, 3.05) is 0 Å². The predicted molar refractivity (Wildman–Crippen MR) is 81.0 cm³/mol. The maximum Gasteiger partial charge on any atom is 0.124 e. The Morgan fingerprint density at radius 2 is 2.06 bits per heavy atom. The first kappa shape index (κ1) is 14.2. The molecule has 0 bridgehead atoms. The van der Waals surface area contributed by atoms with Crippen LogP contribution in [0.4, 0.5) is 0 Å². The van der Waals surface area contributed by atoms with Gasteiger partial charge in [-0.2, -0.15) is 0 Å². The Morgan fingerprint density at radius 3 is 2.61 bits per heavy atom. The molecule has 0 heterocycles. The van der Waals surface area contributed by atoms with Gasteiger partial charge in [-0.1, -0.05) is 47.4 Å². The van der Waals surface area contributed by atoms with Crippen molar-refractivity contribution in [3.63, 3.8) is 0 Å². The molecule has 0 radical (unpaired) electrons. The van der Waals surface area contributed by atoms with E-state index >= 15 is 0 Å². The quantitative estimate of drug-likeness (QED) is 0.674. The van der Waals surface area contributed by atoms with E-state index in [1.165, 1.54) is 0 Å². The van der Waals surface area contributed by atoms with Gasteiger partial charge in [0, 0.05) is 15.3 Å². The molecule has 1 aliphatic rings. The summed E-state index contributed by atoms with van der Waals surface area (Å²) < 4.78 is 6.22. The van der Waals surface area contributed by atoms with Gasteiger partial charge < -0.3 is 4.74 Å². The molecule has 1 saturated carbocycles. The van der Waals surface area contributed by atoms with Crippen LogP contribution >= 0.6 is 27.5 Å². The van der Waals surface area contributed by atoms with E-state index in [0.717, 1.165) is 35.6 Å². The first-order chi connectivity index (χ1) is 8.53. The Hall–Kier alpha value is -0.210. The second-order valence-corrected chi connectivity index (χ2v) is 6.70. The summed E-state index contributed by atoms with van der Waals surface area (Å²) in [6.07, 6.45) is 3.66. The van der Waals surface area contributed by atoms with Crippen LogP contribution in [0.2, 0.25) is 5.02 Å². The highest BCUT2D eigenvalue weighted by Crippen LogP contribution is 2.52. The molecule has 1 aromatic rings. The van der Waals surface area contributed by atoms with Crippen LogP contribution in [-0.2, 0) is 0 Å². The number of alkyl halides is 1. The second-order valence-electron chi connectivity index (χ2n) is 5.16. The molecule has 2 unspecified atom stereocenters. The highest BCUT2D eigenvalue weighted by Gasteiger charge is 2.53. The Bertz CT molecular complexity index is 429. The molecular formula is C15H20BrClO. The lowest BCUT2D eigenvalue weighted by atomic mass is 9.62. The van der Waals surface area contributed by atoms with Gasteiger partial charge in [0.1, 0.15) is 11.9 Å². The molecule has 0 aliphatic heterocycles. The fraction of sp³-hybridized carbons (Fsp3) is 0.600. The van der Waals surface area contributed by atoms with E-state index in [2.05, 4.69) is 36.7 Å². The van der Waals surface area contributed by atoms with Gasteiger partial charge in [0.15, 0.2) is 0 Å². The van der Waals surface area contributed by atoms with Gasteiger partial charge in [0.2, 0.25) is 0 Å². The SMILES string of the molecule is CCC1(CC)C(Br)CC1Oc1cc(Cl)ccc1C. The van der Waals surface area contributed by atoms with Crippen molar-refractivity contribution >= 4 is 27.5 Å². The van der Waals surface area contributed by atoms with E-state index in [4.69, 9.17) is 16.3 Å². The zero-order chi connectivity index (χ0) is 13.3. The first-order valence-corrected chi connectivity index (χ1v) is 7.89. The van der Waals surface area contributed by atoms with E-state index < -0.39 is 0 Å². The summed E-state index contributed by atoms with van der Waals surface area (Å²) in [5.74, 6) is 0.929. The monoisotopic (exact) mass is 330 g/mol. The minimum Gasteiger partial charge on any atom is -0.489 e. The second kappa shape index (κ2) is 5.42. The summed E-state index contributed by atoms with van der Waals surface area (Å²) in [4.78, 5) is 0.574. The van der Waals surface area contributed by atoms with Gasteiger partial charge in [0.25, 0.3) is 0 Å². The maximum atomic E-state index is 6.22. The van der Waals surface area contributed by atoms with Crippen LogP contribution in [0.1, 0.15) is 38.7 Å². The van der Waals surface area contributed by atoms with Crippen molar-refractivity contribution in [3.05, 3.63) is 28.8 Å². The number of hydrogen-bond donors (Lipinski definition) is 0. The van der Waals surface area contributed by atoms with Crippen LogP contribution in [0, 0.1) is 12.3 Å². The molecule has 1 fully saturated rings. The summed E-state index contributed by atoms with van der Waals surface area (Å²) >= 11 is 9.82. The van der Waals surface area contributed by atoms with Crippen molar-refractivity contribution in [3.8, 4) is 5.75 Å². The Labute approximate surface area is 123 Å². The average Bonchev–Trinajstić information content (AvgIpc) is 2.35. The molecule has 1 aromatic carbocycles. The van der Waals surface area contributed by atoms with Crippen molar-refractivity contribution in [1.29, 1.82) is 0 Å². The number of rotatable bonds is 4. The molecule has 2 rings (SSSR count). The minimum absolute atomic E-state index is 0.273. The summed E-state index contributed by atoms with van der Waals surface area (Å²) in [6.45, 7) is 6.56. The molecule has 100 valence electrons. The van der Waals surface area contributed by atoms with Crippen molar-refractivity contribution < 1.29 is 4.74 Å². The lowest BCUT2D eigenvalue weighted by Crippen LogP contribution is -2.56. The fourth-order valence-electron chi connectivity index (χ4n) is 2.87. The van der Waals surface area contributed by atoms with Gasteiger partial charge in [0.05, 0.1) is 0 Å². The molecule has 1 nitrogen and oxygen atoms in total. The molecule has 0 aromatic heterocycles. The van der Waals surface area contributed by atoms with E-state index in [0.29, 0.717) is 10.9 Å². The van der Waals surface area contributed by atoms with E-state index in [1.807, 2.05) is 18.2 Å². The number of benzene rings is 1. The summed E-state index contributed by atoms with van der Waals surface area (Å²) in [6, 6.07) is 5.85. The molecular weight excluding hydrogens is 312 g/mol. The van der Waals surface area contributed by atoms with Crippen LogP contribution in [0.3, 0.4) is 0 Å². The van der Waals surface area contributed by atoms with Gasteiger partial charge in [-0.05, 0) is 43.9 Å². The minimum atomic E-state index is 0.273. The highest BCUT2D eigenvalue weighted by atomic mass is 79.9. The zero-order valence-electron chi connectivity index (χ0n) is 11.2. The zero-order valence-corrected chi connectivity index (χ0v) is 13.5. The Kier molecular flexibility index (Phi) is 4.28. The van der Waals surface area contributed by atoms with Crippen LogP contribution in [0.15, 0.2) is 18.2 Å². The molecule has 2 atom stereocenters. The molecule has 3 heteroatoms. The largest absolute Gasteiger partial charge is 0.489 e. The third kappa shape index (κ3) is 2.30. The van der Waals surface area contributed by atoms with Crippen LogP contribution in [0.5, 0.6) is 5.75 Å². The maximum absolute atomic E-state index is 6.22. The van der Waals surface area contributed by atoms with Crippen LogP contribution < -0.4 is 4.74 Å². The molecule has 0 spiro atoms. The standard InChI is InChI=1S/C15H20BrClO/c1-4-15(5-2)13(16)9-14(15)18-12-8-11(17)7-6-10(12)3/h6-8,13-14H,4-5,9H2,1-3H3. The summed E-state index contributed by atoms with van der Waals surface area (Å²) in [5, 5.41) is 0.740. The molecule has 1 aliphatic carbocycles. The van der Waals surface area contributed by atoms with Crippen LogP contribution in [0.25, 0.3) is 0 Å². The molecule has 18 heavy (non-hydrogen) atoms. The normalized spacial score (nSPS) is 25.6. The predicted octanol–water partition coefficient (Wildman–Crippen LogP) is 5.37. The topological polar surface area (TPSA) is 9.23 Å². The number of hydrogen-bond acceptors (Lipinski definition) is 1. The highest BCUT2D eigenvalue weighted by molar-refractivity contribution is 9.09. The van der Waals surface area contributed by atoms with Gasteiger partial charge in [-0.25, -0.2) is 0 Å². The van der Waals surface area contributed by atoms with Gasteiger partial charge in [-0.15, -0.1) is 0 Å². The van der Waals surface area contributed by atoms with Gasteiger partial charge >= 0.3 is 0 Å². The number of aryl methyl sites for hydroxylation is 1. The van der Waals surface area contributed by atoms with E-state index in [1.54, 1.807) is 0 Å². The van der Waals surface area contributed by atoms with E-state index in [9.17, 15) is 0 Å². The third-order valence-electron chi connectivity index (χ3n) is 4.42. The lowest BCUT2D eigenvalue weighted by Gasteiger charge is -2.52. The third-order valence-corrected chi connectivity index (χ3v) is 5.94. The molecule has 0 amide bonds. The Morgan fingerprint density at radius 1 is 1.39 bits per heavy atom. The van der Waals surface area contributed by atoms with Crippen molar-refractivity contribution in [2.45, 2.75) is 51.0 Å².